The Labute approximate surface area is 123 Å². The van der Waals surface area contributed by atoms with Gasteiger partial charge in [0.15, 0.2) is 0 Å². The molecule has 0 aliphatic rings. The molecule has 0 bridgehead atoms. The maximum Gasteiger partial charge on any atom is 0.307 e. The summed E-state index contributed by atoms with van der Waals surface area (Å²) < 4.78 is 0. The Morgan fingerprint density at radius 1 is 1.25 bits per heavy atom. The molecule has 2 rings (SSSR count). The van der Waals surface area contributed by atoms with E-state index in [1.807, 2.05) is 37.3 Å². The minimum atomic E-state index is -0.907. The SMILES string of the molecule is Cc1cccc(C(=S)c2cccc(CC(=O)O)c2N)c1. The van der Waals surface area contributed by atoms with Crippen LogP contribution in [0.3, 0.4) is 0 Å². The molecule has 3 nitrogen and oxygen atoms in total. The lowest BCUT2D eigenvalue weighted by atomic mass is 9.98. The van der Waals surface area contributed by atoms with Gasteiger partial charge in [-0.1, -0.05) is 60.2 Å². The van der Waals surface area contributed by atoms with E-state index >= 15 is 0 Å². The fourth-order valence-corrected chi connectivity index (χ4v) is 2.37. The summed E-state index contributed by atoms with van der Waals surface area (Å²) in [6.07, 6.45) is -0.101. The van der Waals surface area contributed by atoms with E-state index in [-0.39, 0.29) is 6.42 Å². The number of carbonyl (C=O) groups is 1. The number of aryl methyl sites for hydroxylation is 1. The van der Waals surface area contributed by atoms with Gasteiger partial charge in [-0.25, -0.2) is 0 Å². The number of hydrogen-bond donors (Lipinski definition) is 2. The predicted molar refractivity (Wildman–Crippen MR) is 84.2 cm³/mol. The third-order valence-corrected chi connectivity index (χ3v) is 3.52. The van der Waals surface area contributed by atoms with E-state index in [0.717, 1.165) is 11.1 Å². The van der Waals surface area contributed by atoms with Crippen LogP contribution in [0.25, 0.3) is 0 Å². The molecule has 0 heterocycles. The zero-order valence-corrected chi connectivity index (χ0v) is 11.9. The van der Waals surface area contributed by atoms with Gasteiger partial charge in [-0.2, -0.15) is 0 Å². The Kier molecular flexibility index (Phi) is 4.15. The molecule has 4 heteroatoms. The molecule has 0 atom stereocenters. The monoisotopic (exact) mass is 285 g/mol. The van der Waals surface area contributed by atoms with E-state index in [1.165, 1.54) is 0 Å². The van der Waals surface area contributed by atoms with Crippen molar-refractivity contribution < 1.29 is 9.90 Å². The molecule has 0 spiro atoms. The second-order valence-electron chi connectivity index (χ2n) is 4.65. The van der Waals surface area contributed by atoms with Crippen LogP contribution in [-0.4, -0.2) is 15.9 Å². The molecule has 0 aromatic heterocycles. The fourth-order valence-electron chi connectivity index (χ4n) is 2.07. The number of para-hydroxylation sites is 1. The van der Waals surface area contributed by atoms with E-state index in [2.05, 4.69) is 0 Å². The first-order chi connectivity index (χ1) is 9.49. The van der Waals surface area contributed by atoms with E-state index in [4.69, 9.17) is 23.1 Å². The van der Waals surface area contributed by atoms with Crippen molar-refractivity contribution in [1.29, 1.82) is 0 Å². The predicted octanol–water partition coefficient (Wildman–Crippen LogP) is 2.97. The van der Waals surface area contributed by atoms with Crippen molar-refractivity contribution in [3.8, 4) is 0 Å². The summed E-state index contributed by atoms with van der Waals surface area (Å²) in [4.78, 5) is 11.5. The van der Waals surface area contributed by atoms with E-state index < -0.39 is 5.97 Å². The molecule has 0 amide bonds. The zero-order valence-electron chi connectivity index (χ0n) is 11.1. The molecule has 2 aromatic rings. The molecular weight excluding hydrogens is 270 g/mol. The van der Waals surface area contributed by atoms with Crippen molar-refractivity contribution >= 4 is 28.7 Å². The quantitative estimate of drug-likeness (QED) is 0.515. The van der Waals surface area contributed by atoms with Gasteiger partial charge in [0, 0.05) is 11.3 Å². The second kappa shape index (κ2) is 5.84. The Balaban J connectivity index is 2.42. The number of hydrogen-bond acceptors (Lipinski definition) is 3. The lowest BCUT2D eigenvalue weighted by molar-refractivity contribution is -0.136. The minimum Gasteiger partial charge on any atom is -0.481 e. The van der Waals surface area contributed by atoms with Crippen molar-refractivity contribution in [3.05, 3.63) is 64.7 Å². The number of nitrogens with two attached hydrogens (primary N) is 1. The maximum atomic E-state index is 10.8. The van der Waals surface area contributed by atoms with E-state index in [9.17, 15) is 4.79 Å². The first-order valence-electron chi connectivity index (χ1n) is 6.19. The minimum absolute atomic E-state index is 0.101. The maximum absolute atomic E-state index is 10.8. The highest BCUT2D eigenvalue weighted by atomic mass is 32.1. The van der Waals surface area contributed by atoms with Crippen LogP contribution in [0.5, 0.6) is 0 Å². The third-order valence-electron chi connectivity index (χ3n) is 3.06. The van der Waals surface area contributed by atoms with Crippen LogP contribution < -0.4 is 5.73 Å². The molecule has 2 aromatic carbocycles. The summed E-state index contributed by atoms with van der Waals surface area (Å²) in [5, 5.41) is 8.89. The van der Waals surface area contributed by atoms with E-state index in [0.29, 0.717) is 21.7 Å². The first-order valence-corrected chi connectivity index (χ1v) is 6.60. The van der Waals surface area contributed by atoms with Gasteiger partial charge in [0.2, 0.25) is 0 Å². The highest BCUT2D eigenvalue weighted by molar-refractivity contribution is 7.81. The Morgan fingerprint density at radius 3 is 2.60 bits per heavy atom. The Bertz CT molecular complexity index is 680. The number of benzene rings is 2. The van der Waals surface area contributed by atoms with Gasteiger partial charge < -0.3 is 10.8 Å². The average Bonchev–Trinajstić information content (AvgIpc) is 2.40. The zero-order chi connectivity index (χ0) is 14.7. The van der Waals surface area contributed by atoms with Crippen LogP contribution in [-0.2, 0) is 11.2 Å². The van der Waals surface area contributed by atoms with Crippen LogP contribution in [0.4, 0.5) is 5.69 Å². The number of carboxylic acids is 1. The molecule has 20 heavy (non-hydrogen) atoms. The van der Waals surface area contributed by atoms with Crippen molar-refractivity contribution in [1.82, 2.24) is 0 Å². The van der Waals surface area contributed by atoms with Gasteiger partial charge in [-0.05, 0) is 18.1 Å². The number of rotatable bonds is 4. The summed E-state index contributed by atoms with van der Waals surface area (Å²) in [6.45, 7) is 2.00. The molecule has 0 saturated carbocycles. The second-order valence-corrected chi connectivity index (χ2v) is 5.06. The van der Waals surface area contributed by atoms with Gasteiger partial charge in [-0.15, -0.1) is 0 Å². The Hall–Kier alpha value is -2.20. The van der Waals surface area contributed by atoms with Gasteiger partial charge in [0.1, 0.15) is 0 Å². The van der Waals surface area contributed by atoms with Gasteiger partial charge in [0.05, 0.1) is 11.3 Å². The topological polar surface area (TPSA) is 63.3 Å². The average molecular weight is 285 g/mol. The molecule has 3 N–H and O–H groups in total. The Morgan fingerprint density at radius 2 is 1.95 bits per heavy atom. The molecule has 0 fully saturated rings. The molecule has 0 aliphatic heterocycles. The third kappa shape index (κ3) is 3.03. The smallest absolute Gasteiger partial charge is 0.307 e. The summed E-state index contributed by atoms with van der Waals surface area (Å²) >= 11 is 5.48. The highest BCUT2D eigenvalue weighted by Gasteiger charge is 2.13. The first kappa shape index (κ1) is 14.2. The van der Waals surface area contributed by atoms with E-state index in [1.54, 1.807) is 12.1 Å². The summed E-state index contributed by atoms with van der Waals surface area (Å²) in [7, 11) is 0. The molecule has 0 aliphatic carbocycles. The van der Waals surface area contributed by atoms with Crippen LogP contribution in [0.1, 0.15) is 22.3 Å². The standard InChI is InChI=1S/C16H15NO2S/c1-10-4-2-6-12(8-10)16(20)13-7-3-5-11(15(13)17)9-14(18)19/h2-8H,9,17H2,1H3,(H,18,19). The molecule has 0 saturated heterocycles. The normalized spacial score (nSPS) is 10.2. The van der Waals surface area contributed by atoms with Crippen LogP contribution in [0.15, 0.2) is 42.5 Å². The summed E-state index contributed by atoms with van der Waals surface area (Å²) in [5.74, 6) is -0.907. The van der Waals surface area contributed by atoms with Crippen molar-refractivity contribution in [2.45, 2.75) is 13.3 Å². The van der Waals surface area contributed by atoms with Crippen LogP contribution in [0.2, 0.25) is 0 Å². The number of nitrogen functional groups attached to an aromatic ring is 1. The largest absolute Gasteiger partial charge is 0.481 e. The van der Waals surface area contributed by atoms with Gasteiger partial charge >= 0.3 is 5.97 Å². The molecule has 0 radical (unpaired) electrons. The summed E-state index contributed by atoms with van der Waals surface area (Å²) in [5.41, 5.74) is 9.83. The van der Waals surface area contributed by atoms with Crippen molar-refractivity contribution in [3.63, 3.8) is 0 Å². The molecular formula is C16H15NO2S. The number of aliphatic carboxylic acids is 1. The molecule has 0 unspecified atom stereocenters. The lowest BCUT2D eigenvalue weighted by Crippen LogP contribution is -2.09. The van der Waals surface area contributed by atoms with Crippen molar-refractivity contribution in [2.24, 2.45) is 0 Å². The fraction of sp³-hybridized carbons (Fsp3) is 0.125. The number of thiocarbonyl (C=S) groups is 1. The highest BCUT2D eigenvalue weighted by Crippen LogP contribution is 2.22. The number of anilines is 1. The number of carboxylic acid groups (broad SMARTS) is 1. The van der Waals surface area contributed by atoms with Gasteiger partial charge in [0.25, 0.3) is 0 Å². The van der Waals surface area contributed by atoms with Crippen LogP contribution in [0, 0.1) is 6.92 Å². The van der Waals surface area contributed by atoms with Crippen LogP contribution >= 0.6 is 12.2 Å². The van der Waals surface area contributed by atoms with Crippen molar-refractivity contribution in [2.75, 3.05) is 5.73 Å². The molecule has 102 valence electrons. The van der Waals surface area contributed by atoms with Gasteiger partial charge in [-0.3, -0.25) is 4.79 Å². The lowest BCUT2D eigenvalue weighted by Gasteiger charge is -2.11. The summed E-state index contributed by atoms with van der Waals surface area (Å²) in [6, 6.07) is 13.2.